The van der Waals surface area contributed by atoms with Crippen LogP contribution in [-0.2, 0) is 9.47 Å². The Morgan fingerprint density at radius 3 is 2.71 bits per heavy atom. The van der Waals surface area contributed by atoms with E-state index in [0.717, 1.165) is 13.0 Å². The van der Waals surface area contributed by atoms with Crippen LogP contribution in [0.1, 0.15) is 33.6 Å². The highest BCUT2D eigenvalue weighted by molar-refractivity contribution is 4.76. The van der Waals surface area contributed by atoms with Gasteiger partial charge in [0.25, 0.3) is 0 Å². The summed E-state index contributed by atoms with van der Waals surface area (Å²) in [5, 5.41) is 0. The molecule has 2 atom stereocenters. The molecule has 0 saturated carbocycles. The molecule has 2 unspecified atom stereocenters. The van der Waals surface area contributed by atoms with E-state index in [0.29, 0.717) is 19.3 Å². The zero-order chi connectivity index (χ0) is 10.6. The number of hydrogen-bond donors (Lipinski definition) is 1. The van der Waals surface area contributed by atoms with Gasteiger partial charge in [-0.1, -0.05) is 20.8 Å². The van der Waals surface area contributed by atoms with Gasteiger partial charge in [-0.25, -0.2) is 0 Å². The summed E-state index contributed by atoms with van der Waals surface area (Å²) >= 11 is 0. The van der Waals surface area contributed by atoms with Gasteiger partial charge < -0.3 is 15.2 Å². The molecule has 84 valence electrons. The average Bonchev–Trinajstić information content (AvgIpc) is 2.55. The third-order valence-corrected chi connectivity index (χ3v) is 2.74. The minimum absolute atomic E-state index is 0.101. The van der Waals surface area contributed by atoms with E-state index in [1.54, 1.807) is 0 Å². The lowest BCUT2D eigenvalue weighted by Crippen LogP contribution is -2.39. The maximum absolute atomic E-state index is 5.97. The van der Waals surface area contributed by atoms with Crippen LogP contribution in [0.5, 0.6) is 0 Å². The molecular formula is C11H23NO2. The summed E-state index contributed by atoms with van der Waals surface area (Å²) < 4.78 is 11.0. The van der Waals surface area contributed by atoms with Crippen molar-refractivity contribution in [1.82, 2.24) is 0 Å². The van der Waals surface area contributed by atoms with Crippen molar-refractivity contribution in [3.05, 3.63) is 0 Å². The number of hydrogen-bond acceptors (Lipinski definition) is 3. The van der Waals surface area contributed by atoms with Crippen LogP contribution in [-0.4, -0.2) is 32.0 Å². The van der Waals surface area contributed by atoms with Crippen LogP contribution < -0.4 is 5.73 Å². The van der Waals surface area contributed by atoms with E-state index in [4.69, 9.17) is 15.2 Å². The van der Waals surface area contributed by atoms with Crippen molar-refractivity contribution in [2.75, 3.05) is 19.8 Å². The maximum atomic E-state index is 5.97. The fourth-order valence-electron chi connectivity index (χ4n) is 1.35. The van der Waals surface area contributed by atoms with E-state index in [1.165, 1.54) is 6.42 Å². The Bertz CT molecular complexity index is 159. The summed E-state index contributed by atoms with van der Waals surface area (Å²) in [5.74, 6) is 0. The first kappa shape index (κ1) is 12.0. The van der Waals surface area contributed by atoms with Gasteiger partial charge in [0.05, 0.1) is 19.3 Å². The molecule has 0 amide bonds. The molecule has 0 spiro atoms. The molecule has 2 N–H and O–H groups in total. The first-order chi connectivity index (χ1) is 6.50. The first-order valence-electron chi connectivity index (χ1n) is 5.45. The van der Waals surface area contributed by atoms with Crippen LogP contribution in [0, 0.1) is 5.41 Å². The largest absolute Gasteiger partial charge is 0.377 e. The third-order valence-electron chi connectivity index (χ3n) is 2.74. The summed E-state index contributed by atoms with van der Waals surface area (Å²) in [7, 11) is 0. The predicted octanol–water partition coefficient (Wildman–Crippen LogP) is 1.56. The number of ether oxygens (including phenoxy) is 2. The van der Waals surface area contributed by atoms with Gasteiger partial charge in [-0.3, -0.25) is 0 Å². The second-order valence-electron chi connectivity index (χ2n) is 5.15. The highest BCUT2D eigenvalue weighted by Crippen LogP contribution is 2.18. The van der Waals surface area contributed by atoms with E-state index in [9.17, 15) is 0 Å². The number of nitrogens with two attached hydrogens (primary N) is 1. The fourth-order valence-corrected chi connectivity index (χ4v) is 1.35. The molecule has 0 aliphatic carbocycles. The molecular weight excluding hydrogens is 178 g/mol. The van der Waals surface area contributed by atoms with Crippen molar-refractivity contribution in [2.45, 2.75) is 45.8 Å². The molecule has 0 aromatic carbocycles. The van der Waals surface area contributed by atoms with Gasteiger partial charge in [-0.15, -0.1) is 0 Å². The lowest BCUT2D eigenvalue weighted by atomic mass is 9.88. The molecule has 0 radical (unpaired) electrons. The molecule has 3 heteroatoms. The second-order valence-corrected chi connectivity index (χ2v) is 5.15. The van der Waals surface area contributed by atoms with Crippen LogP contribution >= 0.6 is 0 Å². The van der Waals surface area contributed by atoms with Gasteiger partial charge in [-0.2, -0.15) is 0 Å². The molecule has 3 nitrogen and oxygen atoms in total. The molecule has 1 rings (SSSR count). The Labute approximate surface area is 86.9 Å². The Morgan fingerprint density at radius 2 is 2.21 bits per heavy atom. The van der Waals surface area contributed by atoms with Gasteiger partial charge in [0.1, 0.15) is 0 Å². The first-order valence-corrected chi connectivity index (χ1v) is 5.45. The van der Waals surface area contributed by atoms with Crippen LogP contribution in [0.25, 0.3) is 0 Å². The van der Waals surface area contributed by atoms with Crippen molar-refractivity contribution in [1.29, 1.82) is 0 Å². The molecule has 1 fully saturated rings. The van der Waals surface area contributed by atoms with Crippen LogP contribution in [0.3, 0.4) is 0 Å². The molecule has 1 saturated heterocycles. The van der Waals surface area contributed by atoms with E-state index in [2.05, 4.69) is 20.8 Å². The van der Waals surface area contributed by atoms with Crippen molar-refractivity contribution < 1.29 is 9.47 Å². The zero-order valence-corrected chi connectivity index (χ0v) is 9.58. The topological polar surface area (TPSA) is 44.5 Å². The minimum atomic E-state index is 0.101. The van der Waals surface area contributed by atoms with Crippen molar-refractivity contribution in [3.8, 4) is 0 Å². The molecule has 1 aliphatic rings. The lowest BCUT2D eigenvalue weighted by molar-refractivity contribution is 0.00423. The van der Waals surface area contributed by atoms with Gasteiger partial charge in [0, 0.05) is 12.6 Å². The van der Waals surface area contributed by atoms with Crippen LogP contribution in [0.4, 0.5) is 0 Å². The van der Waals surface area contributed by atoms with E-state index in [-0.39, 0.29) is 11.5 Å². The van der Waals surface area contributed by atoms with Gasteiger partial charge >= 0.3 is 0 Å². The Kier molecular flexibility index (Phi) is 4.35. The van der Waals surface area contributed by atoms with Crippen molar-refractivity contribution in [2.24, 2.45) is 11.1 Å². The minimum Gasteiger partial charge on any atom is -0.377 e. The van der Waals surface area contributed by atoms with Crippen molar-refractivity contribution >= 4 is 0 Å². The Morgan fingerprint density at radius 1 is 1.50 bits per heavy atom. The normalized spacial score (nSPS) is 25.3. The van der Waals surface area contributed by atoms with Crippen molar-refractivity contribution in [3.63, 3.8) is 0 Å². The standard InChI is InChI=1S/C11H23NO2/c1-11(2,3)10(12)8-13-7-9-5-4-6-14-9/h9-10H,4-8,12H2,1-3H3. The number of rotatable bonds is 4. The van der Waals surface area contributed by atoms with Crippen LogP contribution in [0.15, 0.2) is 0 Å². The summed E-state index contributed by atoms with van der Waals surface area (Å²) in [6, 6.07) is 0.101. The molecule has 0 bridgehead atoms. The molecule has 0 aromatic rings. The van der Waals surface area contributed by atoms with E-state index >= 15 is 0 Å². The molecule has 0 aromatic heterocycles. The Hall–Kier alpha value is -0.120. The fraction of sp³-hybridized carbons (Fsp3) is 1.00. The smallest absolute Gasteiger partial charge is 0.0809 e. The van der Waals surface area contributed by atoms with Gasteiger partial charge in [0.15, 0.2) is 0 Å². The summed E-state index contributed by atoms with van der Waals surface area (Å²) in [6.07, 6.45) is 2.60. The highest BCUT2D eigenvalue weighted by Gasteiger charge is 2.22. The van der Waals surface area contributed by atoms with Gasteiger partial charge in [0.2, 0.25) is 0 Å². The third kappa shape index (κ3) is 3.95. The summed E-state index contributed by atoms with van der Waals surface area (Å²) in [4.78, 5) is 0. The molecule has 14 heavy (non-hydrogen) atoms. The SMILES string of the molecule is CC(C)(C)C(N)COCC1CCCO1. The van der Waals surface area contributed by atoms with E-state index in [1.807, 2.05) is 0 Å². The highest BCUT2D eigenvalue weighted by atomic mass is 16.5. The lowest BCUT2D eigenvalue weighted by Gasteiger charge is -2.27. The quantitative estimate of drug-likeness (QED) is 0.750. The zero-order valence-electron chi connectivity index (χ0n) is 9.58. The average molecular weight is 201 g/mol. The molecule has 1 aliphatic heterocycles. The summed E-state index contributed by atoms with van der Waals surface area (Å²) in [5.41, 5.74) is 6.09. The second kappa shape index (κ2) is 5.10. The monoisotopic (exact) mass is 201 g/mol. The molecule has 1 heterocycles. The van der Waals surface area contributed by atoms with E-state index < -0.39 is 0 Å². The summed E-state index contributed by atoms with van der Waals surface area (Å²) in [6.45, 7) is 8.61. The maximum Gasteiger partial charge on any atom is 0.0809 e. The van der Waals surface area contributed by atoms with Crippen LogP contribution in [0.2, 0.25) is 0 Å². The predicted molar refractivity (Wildman–Crippen MR) is 57.2 cm³/mol. The van der Waals surface area contributed by atoms with Gasteiger partial charge in [-0.05, 0) is 18.3 Å². The Balaban J connectivity index is 2.08.